The van der Waals surface area contributed by atoms with Gasteiger partial charge in [-0.2, -0.15) is 5.26 Å². The molecule has 3 heterocycles. The van der Waals surface area contributed by atoms with Gasteiger partial charge in [-0.25, -0.2) is 9.37 Å². The zero-order valence-corrected chi connectivity index (χ0v) is 20.0. The van der Waals surface area contributed by atoms with Crippen molar-refractivity contribution < 1.29 is 18.7 Å². The van der Waals surface area contributed by atoms with E-state index >= 15 is 0 Å². The standard InChI is InChI=1S/C27H27FN4O3/c1-17(2)35-25-8-5-19(15-31-25)18-4-6-23-22(12-18)21(10-11-30-23)24(33)7-9-26(34)32-16-27(3,28)13-20(32)14-29/h4-6,8,10-12,15,17,20H,7,9,13,16H2,1-3H3/t20-,27?/m0/s1. The molecule has 180 valence electrons. The molecule has 1 fully saturated rings. The number of hydrogen-bond donors (Lipinski definition) is 0. The smallest absolute Gasteiger partial charge is 0.224 e. The number of carbonyl (C=O) groups excluding carboxylic acids is 2. The summed E-state index contributed by atoms with van der Waals surface area (Å²) < 4.78 is 19.9. The number of ether oxygens (including phenoxy) is 1. The third kappa shape index (κ3) is 5.46. The second-order valence-electron chi connectivity index (χ2n) is 9.35. The number of fused-ring (bicyclic) bond motifs is 1. The van der Waals surface area contributed by atoms with Crippen molar-refractivity contribution in [2.24, 2.45) is 0 Å². The van der Waals surface area contributed by atoms with Crippen molar-refractivity contribution in [1.29, 1.82) is 5.26 Å². The molecule has 2 atom stereocenters. The molecule has 1 saturated heterocycles. The maximum atomic E-state index is 14.3. The molecule has 1 amide bonds. The van der Waals surface area contributed by atoms with Gasteiger partial charge in [-0.3, -0.25) is 14.6 Å². The van der Waals surface area contributed by atoms with Gasteiger partial charge in [-0.15, -0.1) is 0 Å². The Kier molecular flexibility index (Phi) is 6.79. The van der Waals surface area contributed by atoms with Crippen LogP contribution in [0.3, 0.4) is 0 Å². The highest BCUT2D eigenvalue weighted by Crippen LogP contribution is 2.31. The molecule has 0 aliphatic carbocycles. The zero-order chi connectivity index (χ0) is 25.2. The van der Waals surface area contributed by atoms with Crippen LogP contribution >= 0.6 is 0 Å². The average Bonchev–Trinajstić information content (AvgIpc) is 3.16. The lowest BCUT2D eigenvalue weighted by Crippen LogP contribution is -2.36. The van der Waals surface area contributed by atoms with Crippen molar-refractivity contribution in [2.45, 2.75) is 57.8 Å². The van der Waals surface area contributed by atoms with Crippen LogP contribution in [0.5, 0.6) is 5.88 Å². The van der Waals surface area contributed by atoms with Gasteiger partial charge < -0.3 is 9.64 Å². The van der Waals surface area contributed by atoms with Gasteiger partial charge in [0.25, 0.3) is 0 Å². The number of amides is 1. The van der Waals surface area contributed by atoms with E-state index in [9.17, 15) is 19.2 Å². The number of carbonyl (C=O) groups is 2. The van der Waals surface area contributed by atoms with Crippen LogP contribution in [0.2, 0.25) is 0 Å². The summed E-state index contributed by atoms with van der Waals surface area (Å²) in [5, 5.41) is 9.95. The first kappa shape index (κ1) is 24.3. The van der Waals surface area contributed by atoms with Gasteiger partial charge in [0.05, 0.1) is 24.2 Å². The van der Waals surface area contributed by atoms with E-state index in [0.29, 0.717) is 22.3 Å². The molecule has 4 rings (SSSR count). The van der Waals surface area contributed by atoms with E-state index in [1.165, 1.54) is 11.8 Å². The summed E-state index contributed by atoms with van der Waals surface area (Å²) in [6.07, 6.45) is 3.17. The summed E-state index contributed by atoms with van der Waals surface area (Å²) in [6, 6.07) is 12.2. The number of rotatable bonds is 7. The van der Waals surface area contributed by atoms with Crippen molar-refractivity contribution in [3.05, 3.63) is 54.4 Å². The number of aromatic nitrogens is 2. The number of nitrogens with zero attached hydrogens (tertiary/aromatic N) is 4. The normalized spacial score (nSPS) is 19.7. The van der Waals surface area contributed by atoms with Gasteiger partial charge in [0.1, 0.15) is 11.7 Å². The van der Waals surface area contributed by atoms with Crippen molar-refractivity contribution in [1.82, 2.24) is 14.9 Å². The summed E-state index contributed by atoms with van der Waals surface area (Å²) in [4.78, 5) is 35.7. The highest BCUT2D eigenvalue weighted by atomic mass is 19.1. The number of halogens is 1. The quantitative estimate of drug-likeness (QED) is 0.452. The van der Waals surface area contributed by atoms with Gasteiger partial charge >= 0.3 is 0 Å². The van der Waals surface area contributed by atoms with Crippen LogP contribution in [0, 0.1) is 11.3 Å². The second kappa shape index (κ2) is 9.79. The number of pyridine rings is 2. The zero-order valence-electron chi connectivity index (χ0n) is 20.0. The summed E-state index contributed by atoms with van der Waals surface area (Å²) >= 11 is 0. The summed E-state index contributed by atoms with van der Waals surface area (Å²) in [7, 11) is 0. The van der Waals surface area contributed by atoms with E-state index < -0.39 is 11.7 Å². The first-order valence-electron chi connectivity index (χ1n) is 11.6. The fourth-order valence-electron chi connectivity index (χ4n) is 4.35. The number of benzene rings is 1. The number of Topliss-reactive ketones (excluding diaryl/α,β-unsaturated/α-hetero) is 1. The van der Waals surface area contributed by atoms with Crippen molar-refractivity contribution in [2.75, 3.05) is 6.54 Å². The maximum Gasteiger partial charge on any atom is 0.224 e. The minimum absolute atomic E-state index is 0.0135. The summed E-state index contributed by atoms with van der Waals surface area (Å²) in [5.74, 6) is -0.0611. The monoisotopic (exact) mass is 474 g/mol. The van der Waals surface area contributed by atoms with Crippen LogP contribution in [0.4, 0.5) is 4.39 Å². The van der Waals surface area contributed by atoms with Crippen LogP contribution in [-0.2, 0) is 4.79 Å². The Morgan fingerprint density at radius 1 is 1.20 bits per heavy atom. The minimum Gasteiger partial charge on any atom is -0.475 e. The molecule has 7 nitrogen and oxygen atoms in total. The Labute approximate surface area is 203 Å². The predicted molar refractivity (Wildman–Crippen MR) is 130 cm³/mol. The molecule has 0 saturated carbocycles. The molecule has 0 spiro atoms. The second-order valence-corrected chi connectivity index (χ2v) is 9.35. The van der Waals surface area contributed by atoms with Crippen molar-refractivity contribution >= 4 is 22.6 Å². The molecule has 1 unspecified atom stereocenters. The van der Waals surface area contributed by atoms with Gasteiger partial charge in [0.15, 0.2) is 5.78 Å². The lowest BCUT2D eigenvalue weighted by atomic mass is 9.98. The summed E-state index contributed by atoms with van der Waals surface area (Å²) in [5.41, 5.74) is 1.27. The first-order chi connectivity index (χ1) is 16.7. The van der Waals surface area contributed by atoms with Crippen molar-refractivity contribution in [3.8, 4) is 23.1 Å². The fourth-order valence-corrected chi connectivity index (χ4v) is 4.35. The van der Waals surface area contributed by atoms with Crippen LogP contribution in [-0.4, -0.2) is 50.9 Å². The molecular formula is C27H27FN4O3. The molecule has 1 aromatic carbocycles. The van der Waals surface area contributed by atoms with E-state index in [4.69, 9.17) is 4.74 Å². The Hall–Kier alpha value is -3.86. The van der Waals surface area contributed by atoms with Gasteiger partial charge in [-0.05, 0) is 50.6 Å². The molecular weight excluding hydrogens is 447 g/mol. The number of hydrogen-bond acceptors (Lipinski definition) is 6. The summed E-state index contributed by atoms with van der Waals surface area (Å²) in [6.45, 7) is 5.12. The van der Waals surface area contributed by atoms with E-state index in [2.05, 4.69) is 9.97 Å². The Morgan fingerprint density at radius 2 is 1.97 bits per heavy atom. The van der Waals surface area contributed by atoms with Gasteiger partial charge in [0.2, 0.25) is 11.8 Å². The van der Waals surface area contributed by atoms with Gasteiger partial charge in [0, 0.05) is 54.2 Å². The Balaban J connectivity index is 1.52. The lowest BCUT2D eigenvalue weighted by Gasteiger charge is -2.19. The van der Waals surface area contributed by atoms with E-state index in [0.717, 1.165) is 11.1 Å². The third-order valence-corrected chi connectivity index (χ3v) is 6.00. The molecule has 2 aromatic heterocycles. The highest BCUT2D eigenvalue weighted by Gasteiger charge is 2.43. The fraction of sp³-hybridized carbons (Fsp3) is 0.370. The van der Waals surface area contributed by atoms with E-state index in [1.807, 2.05) is 44.2 Å². The van der Waals surface area contributed by atoms with Crippen LogP contribution in [0.1, 0.15) is 50.4 Å². The molecule has 1 aliphatic heterocycles. The molecule has 0 N–H and O–H groups in total. The Morgan fingerprint density at radius 3 is 2.66 bits per heavy atom. The largest absolute Gasteiger partial charge is 0.475 e. The van der Waals surface area contributed by atoms with Crippen LogP contribution < -0.4 is 4.74 Å². The molecule has 0 bridgehead atoms. The van der Waals surface area contributed by atoms with Crippen LogP contribution in [0.15, 0.2) is 48.8 Å². The molecule has 3 aromatic rings. The van der Waals surface area contributed by atoms with Gasteiger partial charge in [-0.1, -0.05) is 6.07 Å². The molecule has 8 heteroatoms. The topological polar surface area (TPSA) is 96.2 Å². The lowest BCUT2D eigenvalue weighted by molar-refractivity contribution is -0.131. The number of nitriles is 1. The maximum absolute atomic E-state index is 14.3. The first-order valence-corrected chi connectivity index (χ1v) is 11.6. The molecule has 35 heavy (non-hydrogen) atoms. The number of likely N-dealkylation sites (tertiary alicyclic amines) is 1. The predicted octanol–water partition coefficient (Wildman–Crippen LogP) is 4.90. The highest BCUT2D eigenvalue weighted by molar-refractivity contribution is 6.08. The van der Waals surface area contributed by atoms with E-state index in [1.54, 1.807) is 24.5 Å². The molecule has 0 radical (unpaired) electrons. The average molecular weight is 475 g/mol. The minimum atomic E-state index is -1.59. The Bertz CT molecular complexity index is 1300. The van der Waals surface area contributed by atoms with Crippen molar-refractivity contribution in [3.63, 3.8) is 0 Å². The SMILES string of the molecule is CC(C)Oc1ccc(-c2ccc3nccc(C(=O)CCC(=O)N4CC(C)(F)C[C@H]4C#N)c3c2)cn1. The number of ketones is 1. The molecule has 1 aliphatic rings. The van der Waals surface area contributed by atoms with E-state index in [-0.39, 0.29) is 43.6 Å². The third-order valence-electron chi connectivity index (χ3n) is 6.00. The van der Waals surface area contributed by atoms with Crippen LogP contribution in [0.25, 0.3) is 22.0 Å². The number of alkyl halides is 1.